The number of anilines is 1. The van der Waals surface area contributed by atoms with E-state index in [0.717, 1.165) is 17.7 Å². The smallest absolute Gasteiger partial charge is 0.128 e. The van der Waals surface area contributed by atoms with E-state index in [9.17, 15) is 4.39 Å². The highest BCUT2D eigenvalue weighted by Crippen LogP contribution is 2.29. The van der Waals surface area contributed by atoms with Crippen molar-refractivity contribution in [1.82, 2.24) is 0 Å². The van der Waals surface area contributed by atoms with Crippen LogP contribution in [0.2, 0.25) is 10.0 Å². The minimum Gasteiger partial charge on any atom is -0.378 e. The normalized spacial score (nSPS) is 12.2. The molecule has 106 valence electrons. The highest BCUT2D eigenvalue weighted by atomic mass is 35.5. The molecule has 1 nitrogen and oxygen atoms in total. The lowest BCUT2D eigenvalue weighted by Crippen LogP contribution is -2.10. The Morgan fingerprint density at radius 2 is 1.85 bits per heavy atom. The molecular formula is C16H16Cl2FN. The first-order chi connectivity index (χ1) is 9.51. The average Bonchev–Trinajstić information content (AvgIpc) is 2.43. The Labute approximate surface area is 128 Å². The van der Waals surface area contributed by atoms with Crippen molar-refractivity contribution in [3.05, 3.63) is 63.4 Å². The number of nitrogens with one attached hydrogen (secondary N) is 1. The molecule has 2 aromatic carbocycles. The summed E-state index contributed by atoms with van der Waals surface area (Å²) in [6, 6.07) is 10.8. The van der Waals surface area contributed by atoms with E-state index in [1.54, 1.807) is 19.1 Å². The third-order valence-electron chi connectivity index (χ3n) is 3.27. The molecule has 0 fully saturated rings. The third kappa shape index (κ3) is 3.44. The molecule has 20 heavy (non-hydrogen) atoms. The highest BCUT2D eigenvalue weighted by Gasteiger charge is 2.11. The summed E-state index contributed by atoms with van der Waals surface area (Å²) >= 11 is 12.0. The summed E-state index contributed by atoms with van der Waals surface area (Å²) in [4.78, 5) is 0. The van der Waals surface area contributed by atoms with E-state index in [4.69, 9.17) is 23.2 Å². The largest absolute Gasteiger partial charge is 0.378 e. The number of hydrogen-bond donors (Lipinski definition) is 1. The molecule has 0 aliphatic rings. The molecule has 1 atom stereocenters. The predicted molar refractivity (Wildman–Crippen MR) is 84.3 cm³/mol. The molecule has 0 amide bonds. The monoisotopic (exact) mass is 311 g/mol. The van der Waals surface area contributed by atoms with Gasteiger partial charge in [0.05, 0.1) is 16.1 Å². The molecule has 1 unspecified atom stereocenters. The second-order valence-corrected chi connectivity index (χ2v) is 5.56. The summed E-state index contributed by atoms with van der Waals surface area (Å²) in [6.45, 7) is 3.81. The second kappa shape index (κ2) is 6.47. The van der Waals surface area contributed by atoms with Gasteiger partial charge in [-0.25, -0.2) is 4.39 Å². The van der Waals surface area contributed by atoms with Crippen LogP contribution < -0.4 is 5.32 Å². The van der Waals surface area contributed by atoms with Gasteiger partial charge in [-0.15, -0.1) is 0 Å². The van der Waals surface area contributed by atoms with Gasteiger partial charge >= 0.3 is 0 Å². The van der Waals surface area contributed by atoms with E-state index >= 15 is 0 Å². The Morgan fingerprint density at radius 1 is 1.10 bits per heavy atom. The third-order valence-corrected chi connectivity index (χ3v) is 4.01. The van der Waals surface area contributed by atoms with Crippen LogP contribution in [0.5, 0.6) is 0 Å². The molecule has 0 saturated heterocycles. The fourth-order valence-corrected chi connectivity index (χ4v) is 2.34. The molecule has 0 aliphatic carbocycles. The van der Waals surface area contributed by atoms with Crippen LogP contribution in [-0.4, -0.2) is 0 Å². The lowest BCUT2D eigenvalue weighted by molar-refractivity contribution is 0.618. The van der Waals surface area contributed by atoms with E-state index in [2.05, 4.69) is 12.2 Å². The Balaban J connectivity index is 2.23. The fourth-order valence-electron chi connectivity index (χ4n) is 2.03. The van der Waals surface area contributed by atoms with Crippen LogP contribution in [0.4, 0.5) is 10.1 Å². The maximum absolute atomic E-state index is 13.6. The molecule has 1 N–H and O–H groups in total. The maximum atomic E-state index is 13.6. The van der Waals surface area contributed by atoms with Crippen LogP contribution in [0.3, 0.4) is 0 Å². The van der Waals surface area contributed by atoms with Gasteiger partial charge < -0.3 is 5.32 Å². The standard InChI is InChI=1S/C16H16Cl2FN/c1-3-16(11-5-7-13(17)14(18)8-11)20-12-6-4-10(2)15(19)9-12/h4-9,16,20H,3H2,1-2H3. The summed E-state index contributed by atoms with van der Waals surface area (Å²) in [7, 11) is 0. The number of hydrogen-bond acceptors (Lipinski definition) is 1. The molecule has 0 spiro atoms. The van der Waals surface area contributed by atoms with Gasteiger partial charge in [-0.05, 0) is 48.7 Å². The summed E-state index contributed by atoms with van der Waals surface area (Å²) in [6.07, 6.45) is 0.855. The van der Waals surface area contributed by atoms with Crippen LogP contribution in [0.1, 0.15) is 30.5 Å². The van der Waals surface area contributed by atoms with E-state index < -0.39 is 0 Å². The maximum Gasteiger partial charge on any atom is 0.128 e. The van der Waals surface area contributed by atoms with Crippen LogP contribution in [-0.2, 0) is 0 Å². The SMILES string of the molecule is CCC(Nc1ccc(C)c(F)c1)c1ccc(Cl)c(Cl)c1. The second-order valence-electron chi connectivity index (χ2n) is 4.74. The molecule has 2 aromatic rings. The van der Waals surface area contributed by atoms with E-state index in [0.29, 0.717) is 15.6 Å². The molecule has 0 aromatic heterocycles. The number of halogens is 3. The zero-order chi connectivity index (χ0) is 14.7. The Kier molecular flexibility index (Phi) is 4.90. The van der Waals surface area contributed by atoms with Gasteiger partial charge in [-0.2, -0.15) is 0 Å². The first-order valence-corrected chi connectivity index (χ1v) is 7.24. The fraction of sp³-hybridized carbons (Fsp3) is 0.250. The summed E-state index contributed by atoms with van der Waals surface area (Å²) < 4.78 is 13.6. The molecule has 0 heterocycles. The predicted octanol–water partition coefficient (Wildman–Crippen LogP) is 6.00. The highest BCUT2D eigenvalue weighted by molar-refractivity contribution is 6.42. The Morgan fingerprint density at radius 3 is 2.45 bits per heavy atom. The van der Waals surface area contributed by atoms with Gasteiger partial charge in [-0.1, -0.05) is 42.3 Å². The van der Waals surface area contributed by atoms with Gasteiger partial charge in [0, 0.05) is 5.69 Å². The molecule has 0 saturated carbocycles. The quantitative estimate of drug-likeness (QED) is 0.729. The van der Waals surface area contributed by atoms with Crippen molar-refractivity contribution in [3.63, 3.8) is 0 Å². The minimum atomic E-state index is -0.209. The zero-order valence-electron chi connectivity index (χ0n) is 11.4. The van der Waals surface area contributed by atoms with Crippen molar-refractivity contribution in [1.29, 1.82) is 0 Å². The van der Waals surface area contributed by atoms with Crippen molar-refractivity contribution >= 4 is 28.9 Å². The Hall–Kier alpha value is -1.25. The molecule has 0 radical (unpaired) electrons. The summed E-state index contributed by atoms with van der Waals surface area (Å²) in [5.74, 6) is -0.209. The lowest BCUT2D eigenvalue weighted by Gasteiger charge is -2.19. The van der Waals surface area contributed by atoms with Crippen molar-refractivity contribution in [2.24, 2.45) is 0 Å². The van der Waals surface area contributed by atoms with Crippen LogP contribution >= 0.6 is 23.2 Å². The summed E-state index contributed by atoms with van der Waals surface area (Å²) in [5, 5.41) is 4.38. The molecular weight excluding hydrogens is 296 g/mol. The van der Waals surface area contributed by atoms with Gasteiger partial charge in [-0.3, -0.25) is 0 Å². The van der Waals surface area contributed by atoms with Gasteiger partial charge in [0.25, 0.3) is 0 Å². The van der Waals surface area contributed by atoms with Crippen molar-refractivity contribution < 1.29 is 4.39 Å². The van der Waals surface area contributed by atoms with Crippen LogP contribution in [0.15, 0.2) is 36.4 Å². The van der Waals surface area contributed by atoms with Gasteiger partial charge in [0.1, 0.15) is 5.82 Å². The number of benzene rings is 2. The lowest BCUT2D eigenvalue weighted by atomic mass is 10.0. The van der Waals surface area contributed by atoms with Gasteiger partial charge in [0.15, 0.2) is 0 Å². The number of rotatable bonds is 4. The van der Waals surface area contributed by atoms with Crippen molar-refractivity contribution in [2.45, 2.75) is 26.3 Å². The van der Waals surface area contributed by atoms with Crippen molar-refractivity contribution in [3.8, 4) is 0 Å². The first kappa shape index (κ1) is 15.1. The Bertz CT molecular complexity index is 613. The number of aryl methyl sites for hydroxylation is 1. The zero-order valence-corrected chi connectivity index (χ0v) is 12.9. The first-order valence-electron chi connectivity index (χ1n) is 6.49. The molecule has 4 heteroatoms. The van der Waals surface area contributed by atoms with Crippen molar-refractivity contribution in [2.75, 3.05) is 5.32 Å². The van der Waals surface area contributed by atoms with Crippen LogP contribution in [0, 0.1) is 12.7 Å². The van der Waals surface area contributed by atoms with Gasteiger partial charge in [0.2, 0.25) is 0 Å². The molecule has 0 aliphatic heterocycles. The topological polar surface area (TPSA) is 12.0 Å². The minimum absolute atomic E-state index is 0.0619. The van der Waals surface area contributed by atoms with E-state index in [-0.39, 0.29) is 11.9 Å². The molecule has 0 bridgehead atoms. The van der Waals surface area contributed by atoms with Crippen LogP contribution in [0.25, 0.3) is 0 Å². The average molecular weight is 312 g/mol. The summed E-state index contributed by atoms with van der Waals surface area (Å²) in [5.41, 5.74) is 2.42. The molecule has 2 rings (SSSR count). The van der Waals surface area contributed by atoms with E-state index in [1.165, 1.54) is 6.07 Å². The van der Waals surface area contributed by atoms with E-state index in [1.807, 2.05) is 18.2 Å².